The lowest BCUT2D eigenvalue weighted by Crippen LogP contribution is -2.35. The third kappa shape index (κ3) is 2.97. The van der Waals surface area contributed by atoms with E-state index in [1.54, 1.807) is 5.38 Å². The van der Waals surface area contributed by atoms with Crippen molar-refractivity contribution >= 4 is 28.3 Å². The molecule has 2 amide bonds. The molecule has 0 radical (unpaired) electrons. The summed E-state index contributed by atoms with van der Waals surface area (Å²) in [5.41, 5.74) is 0.133. The number of carboxylic acid groups (broad SMARTS) is 1. The van der Waals surface area contributed by atoms with Gasteiger partial charge in [0.25, 0.3) is 0 Å². The van der Waals surface area contributed by atoms with Crippen LogP contribution in [0.25, 0.3) is 0 Å². The monoisotopic (exact) mass is 254 g/mol. The van der Waals surface area contributed by atoms with Gasteiger partial charge < -0.3 is 10.4 Å². The highest BCUT2D eigenvalue weighted by atomic mass is 32.1. The first-order valence-electron chi connectivity index (χ1n) is 5.52. The molecule has 0 aromatic carbocycles. The van der Waals surface area contributed by atoms with Crippen LogP contribution in [0.5, 0.6) is 0 Å². The Morgan fingerprint density at radius 2 is 2.24 bits per heavy atom. The summed E-state index contributed by atoms with van der Waals surface area (Å²) in [5, 5.41) is 16.2. The summed E-state index contributed by atoms with van der Waals surface area (Å²) >= 11 is 1.21. The minimum absolute atomic E-state index is 0.133. The standard InChI is InChI=1S/C11H14N2O3S/c14-10(15)8-4-5-17-9(8)13-11(16)12-6-7-2-1-3-7/h4-5,7H,1-3,6H2,(H,14,15)(H2,12,13,16). The third-order valence-electron chi connectivity index (χ3n) is 2.90. The van der Waals surface area contributed by atoms with Crippen molar-refractivity contribution in [2.75, 3.05) is 11.9 Å². The highest BCUT2D eigenvalue weighted by Crippen LogP contribution is 2.25. The molecule has 3 N–H and O–H groups in total. The molecule has 1 heterocycles. The first-order valence-corrected chi connectivity index (χ1v) is 6.40. The number of nitrogens with one attached hydrogen (secondary N) is 2. The molecule has 1 aliphatic rings. The number of carboxylic acids is 1. The molecule has 0 atom stereocenters. The maximum absolute atomic E-state index is 11.5. The van der Waals surface area contributed by atoms with Crippen LogP contribution >= 0.6 is 11.3 Å². The van der Waals surface area contributed by atoms with Crippen molar-refractivity contribution in [1.29, 1.82) is 0 Å². The topological polar surface area (TPSA) is 78.4 Å². The van der Waals surface area contributed by atoms with E-state index in [4.69, 9.17) is 5.11 Å². The van der Waals surface area contributed by atoms with Gasteiger partial charge in [0.1, 0.15) is 5.00 Å². The number of anilines is 1. The van der Waals surface area contributed by atoms with Gasteiger partial charge in [-0.3, -0.25) is 5.32 Å². The zero-order valence-electron chi connectivity index (χ0n) is 9.23. The molecule has 5 nitrogen and oxygen atoms in total. The molecular weight excluding hydrogens is 240 g/mol. The minimum atomic E-state index is -1.03. The van der Waals surface area contributed by atoms with E-state index in [2.05, 4.69) is 10.6 Å². The molecule has 0 unspecified atom stereocenters. The quantitative estimate of drug-likeness (QED) is 0.771. The predicted octanol–water partition coefficient (Wildman–Crippen LogP) is 2.37. The predicted molar refractivity (Wildman–Crippen MR) is 65.6 cm³/mol. The first kappa shape index (κ1) is 11.9. The lowest BCUT2D eigenvalue weighted by molar-refractivity contribution is 0.0698. The number of urea groups is 1. The van der Waals surface area contributed by atoms with Crippen LogP contribution in [0.4, 0.5) is 9.80 Å². The lowest BCUT2D eigenvalue weighted by Gasteiger charge is -2.25. The van der Waals surface area contributed by atoms with Gasteiger partial charge >= 0.3 is 12.0 Å². The largest absolute Gasteiger partial charge is 0.478 e. The fourth-order valence-corrected chi connectivity index (χ4v) is 2.43. The number of hydrogen-bond acceptors (Lipinski definition) is 3. The molecule has 1 aliphatic carbocycles. The van der Waals surface area contributed by atoms with E-state index in [9.17, 15) is 9.59 Å². The van der Waals surface area contributed by atoms with Crippen molar-refractivity contribution in [2.24, 2.45) is 5.92 Å². The van der Waals surface area contributed by atoms with Crippen LogP contribution < -0.4 is 10.6 Å². The van der Waals surface area contributed by atoms with Crippen molar-refractivity contribution in [3.63, 3.8) is 0 Å². The Morgan fingerprint density at radius 3 is 2.82 bits per heavy atom. The number of carbonyl (C=O) groups is 2. The normalized spacial score (nSPS) is 15.1. The summed E-state index contributed by atoms with van der Waals surface area (Å²) in [6.45, 7) is 0.666. The number of aromatic carboxylic acids is 1. The van der Waals surface area contributed by atoms with Crippen molar-refractivity contribution in [1.82, 2.24) is 5.32 Å². The Hall–Kier alpha value is -1.56. The number of amides is 2. The average Bonchev–Trinajstić information content (AvgIpc) is 2.63. The molecule has 1 aromatic rings. The van der Waals surface area contributed by atoms with E-state index < -0.39 is 5.97 Å². The minimum Gasteiger partial charge on any atom is -0.478 e. The summed E-state index contributed by atoms with van der Waals surface area (Å²) < 4.78 is 0. The van der Waals surface area contributed by atoms with Crippen LogP contribution in [0.3, 0.4) is 0 Å². The van der Waals surface area contributed by atoms with Crippen molar-refractivity contribution in [2.45, 2.75) is 19.3 Å². The smallest absolute Gasteiger partial charge is 0.338 e. The molecule has 17 heavy (non-hydrogen) atoms. The SMILES string of the molecule is O=C(NCC1CCC1)Nc1sccc1C(=O)O. The summed E-state index contributed by atoms with van der Waals surface area (Å²) in [6.07, 6.45) is 3.57. The van der Waals surface area contributed by atoms with Crippen molar-refractivity contribution in [3.8, 4) is 0 Å². The van der Waals surface area contributed by atoms with Gasteiger partial charge in [0, 0.05) is 6.54 Å². The number of carbonyl (C=O) groups excluding carboxylic acids is 1. The average molecular weight is 254 g/mol. The number of hydrogen-bond donors (Lipinski definition) is 3. The second-order valence-corrected chi connectivity index (χ2v) is 5.02. The van der Waals surface area contributed by atoms with Gasteiger partial charge in [-0.05, 0) is 30.2 Å². The van der Waals surface area contributed by atoms with Gasteiger partial charge in [-0.25, -0.2) is 9.59 Å². The zero-order chi connectivity index (χ0) is 12.3. The summed E-state index contributed by atoms with van der Waals surface area (Å²) in [7, 11) is 0. The summed E-state index contributed by atoms with van der Waals surface area (Å²) in [6, 6.07) is 1.15. The van der Waals surface area contributed by atoms with Crippen LogP contribution in [-0.2, 0) is 0 Å². The zero-order valence-corrected chi connectivity index (χ0v) is 10.0. The molecular formula is C11H14N2O3S. The highest BCUT2D eigenvalue weighted by Gasteiger charge is 2.18. The van der Waals surface area contributed by atoms with Gasteiger partial charge in [-0.15, -0.1) is 11.3 Å². The Bertz CT molecular complexity index is 426. The van der Waals surface area contributed by atoms with Gasteiger partial charge in [0.05, 0.1) is 5.56 Å². The molecule has 0 bridgehead atoms. The number of rotatable bonds is 4. The van der Waals surface area contributed by atoms with Gasteiger partial charge in [-0.1, -0.05) is 6.42 Å². The Kier molecular flexibility index (Phi) is 3.63. The van der Waals surface area contributed by atoms with E-state index in [0.29, 0.717) is 17.5 Å². The van der Waals surface area contributed by atoms with E-state index in [1.807, 2.05) is 0 Å². The second-order valence-electron chi connectivity index (χ2n) is 4.10. The van der Waals surface area contributed by atoms with Crippen LogP contribution in [-0.4, -0.2) is 23.7 Å². The van der Waals surface area contributed by atoms with Gasteiger partial charge in [0.2, 0.25) is 0 Å². The highest BCUT2D eigenvalue weighted by molar-refractivity contribution is 7.14. The molecule has 1 aromatic heterocycles. The fourth-order valence-electron chi connectivity index (χ4n) is 1.66. The Morgan fingerprint density at radius 1 is 1.47 bits per heavy atom. The molecule has 2 rings (SSSR count). The van der Waals surface area contributed by atoms with E-state index in [0.717, 1.165) is 0 Å². The molecule has 6 heteroatoms. The Balaban J connectivity index is 1.84. The molecule has 92 valence electrons. The second kappa shape index (κ2) is 5.18. The maximum atomic E-state index is 11.5. The fraction of sp³-hybridized carbons (Fsp3) is 0.455. The molecule has 0 saturated heterocycles. The van der Waals surface area contributed by atoms with E-state index >= 15 is 0 Å². The lowest BCUT2D eigenvalue weighted by atomic mass is 9.85. The molecule has 1 saturated carbocycles. The maximum Gasteiger partial charge on any atom is 0.338 e. The van der Waals surface area contributed by atoms with Crippen molar-refractivity contribution in [3.05, 3.63) is 17.0 Å². The van der Waals surface area contributed by atoms with E-state index in [-0.39, 0.29) is 11.6 Å². The number of thiophene rings is 1. The van der Waals surface area contributed by atoms with E-state index in [1.165, 1.54) is 36.7 Å². The van der Waals surface area contributed by atoms with Crippen LogP contribution in [0.15, 0.2) is 11.4 Å². The van der Waals surface area contributed by atoms with Gasteiger partial charge in [-0.2, -0.15) is 0 Å². The van der Waals surface area contributed by atoms with Gasteiger partial charge in [0.15, 0.2) is 0 Å². The third-order valence-corrected chi connectivity index (χ3v) is 3.73. The van der Waals surface area contributed by atoms with Crippen LogP contribution in [0.1, 0.15) is 29.6 Å². The summed E-state index contributed by atoms with van der Waals surface area (Å²) in [5.74, 6) is -0.441. The molecule has 0 aliphatic heterocycles. The molecule has 1 fully saturated rings. The Labute approximate surface area is 103 Å². The van der Waals surface area contributed by atoms with Crippen LogP contribution in [0, 0.1) is 5.92 Å². The van der Waals surface area contributed by atoms with Crippen LogP contribution in [0.2, 0.25) is 0 Å². The van der Waals surface area contributed by atoms with Crippen molar-refractivity contribution < 1.29 is 14.7 Å². The molecule has 0 spiro atoms. The first-order chi connectivity index (χ1) is 8.16. The summed E-state index contributed by atoms with van der Waals surface area (Å²) in [4.78, 5) is 22.3.